The molecule has 4 rings (SSSR count). The van der Waals surface area contributed by atoms with Crippen LogP contribution in [0.25, 0.3) is 0 Å². The molecule has 0 spiro atoms. The largest absolute Gasteiger partial charge is 0.324 e. The second-order valence-corrected chi connectivity index (χ2v) is 11.0. The van der Waals surface area contributed by atoms with Crippen LogP contribution < -0.4 is 5.32 Å². The second-order valence-electron chi connectivity index (χ2n) is 8.75. The topological polar surface area (TPSA) is 69.7 Å². The molecule has 2 aliphatic rings. The lowest BCUT2D eigenvalue weighted by Crippen LogP contribution is -2.53. The van der Waals surface area contributed by atoms with Gasteiger partial charge in [0.25, 0.3) is 0 Å². The first-order chi connectivity index (χ1) is 14.8. The highest BCUT2D eigenvalue weighted by Gasteiger charge is 2.36. The zero-order valence-electron chi connectivity index (χ0n) is 18.3. The van der Waals surface area contributed by atoms with E-state index in [1.807, 2.05) is 62.4 Å². The number of nitrogens with zero attached hydrogens (tertiary/aromatic N) is 2. The van der Waals surface area contributed by atoms with Crippen molar-refractivity contribution in [2.45, 2.75) is 32.4 Å². The second kappa shape index (κ2) is 9.10. The number of piperazine rings is 1. The molecule has 2 saturated heterocycles. The molecular formula is C24H31N3O3S. The maximum atomic E-state index is 13.5. The number of carbonyl (C=O) groups is 1. The number of nitrogens with one attached hydrogen (secondary N) is 1. The van der Waals surface area contributed by atoms with Gasteiger partial charge in [0.15, 0.2) is 9.84 Å². The summed E-state index contributed by atoms with van der Waals surface area (Å²) in [6.45, 7) is 7.04. The number of carbonyl (C=O) groups excluding carboxylic acids is 1. The fourth-order valence-corrected chi connectivity index (χ4v) is 6.42. The van der Waals surface area contributed by atoms with Crippen molar-refractivity contribution in [3.63, 3.8) is 0 Å². The van der Waals surface area contributed by atoms with E-state index < -0.39 is 9.84 Å². The molecule has 0 saturated carbocycles. The number of aryl methyl sites for hydroxylation is 2. The van der Waals surface area contributed by atoms with Crippen molar-refractivity contribution in [3.05, 3.63) is 65.2 Å². The van der Waals surface area contributed by atoms with Gasteiger partial charge < -0.3 is 5.32 Å². The maximum absolute atomic E-state index is 13.5. The lowest BCUT2D eigenvalue weighted by atomic mass is 10.0. The number of benzene rings is 2. The van der Waals surface area contributed by atoms with Gasteiger partial charge in [-0.3, -0.25) is 14.6 Å². The Bertz CT molecular complexity index is 1030. The molecule has 2 aliphatic heterocycles. The summed E-state index contributed by atoms with van der Waals surface area (Å²) in [4.78, 5) is 18.0. The Morgan fingerprint density at radius 2 is 1.74 bits per heavy atom. The normalized spacial score (nSPS) is 22.8. The standard InChI is InChI=1S/C24H31N3O3S/c1-18-8-9-19(2)22(16-18)25-24(28)23(20-6-4-3-5-7-20)27-13-11-26(12-14-27)21-10-15-31(29,30)17-21/h3-9,16,21,23H,10-15,17H2,1-2H3,(H,25,28)/t21-,23-/m0/s1. The highest BCUT2D eigenvalue weighted by Crippen LogP contribution is 2.27. The Hall–Kier alpha value is -2.22. The molecule has 0 bridgehead atoms. The summed E-state index contributed by atoms with van der Waals surface area (Å²) in [5.74, 6) is 0.530. The van der Waals surface area contributed by atoms with Crippen LogP contribution in [-0.2, 0) is 14.6 Å². The average Bonchev–Trinajstić information content (AvgIpc) is 3.12. The number of anilines is 1. The van der Waals surface area contributed by atoms with Crippen molar-refractivity contribution >= 4 is 21.4 Å². The van der Waals surface area contributed by atoms with Crippen molar-refractivity contribution in [2.24, 2.45) is 0 Å². The van der Waals surface area contributed by atoms with Crippen LogP contribution in [0, 0.1) is 13.8 Å². The van der Waals surface area contributed by atoms with E-state index in [-0.39, 0.29) is 23.7 Å². The third-order valence-corrected chi connectivity index (χ3v) is 8.20. The van der Waals surface area contributed by atoms with Gasteiger partial charge in [-0.1, -0.05) is 42.5 Å². The molecule has 1 amide bonds. The summed E-state index contributed by atoms with van der Waals surface area (Å²) < 4.78 is 23.7. The SMILES string of the molecule is Cc1ccc(C)c(NC(=O)[C@H](c2ccccc2)N2CCN([C@H]3CCS(=O)(=O)C3)CC2)c1. The van der Waals surface area contributed by atoms with Crippen LogP contribution in [0.1, 0.15) is 29.2 Å². The van der Waals surface area contributed by atoms with Gasteiger partial charge >= 0.3 is 0 Å². The van der Waals surface area contributed by atoms with Gasteiger partial charge in [-0.15, -0.1) is 0 Å². The Morgan fingerprint density at radius 3 is 2.39 bits per heavy atom. The minimum atomic E-state index is -2.89. The van der Waals surface area contributed by atoms with Gasteiger partial charge in [0.05, 0.1) is 11.5 Å². The quantitative estimate of drug-likeness (QED) is 0.773. The first-order valence-corrected chi connectivity index (χ1v) is 12.8. The molecule has 7 heteroatoms. The zero-order chi connectivity index (χ0) is 22.0. The van der Waals surface area contributed by atoms with E-state index in [9.17, 15) is 13.2 Å². The summed E-state index contributed by atoms with van der Waals surface area (Å²) in [5.41, 5.74) is 3.97. The fraction of sp³-hybridized carbons (Fsp3) is 0.458. The van der Waals surface area contributed by atoms with E-state index in [1.165, 1.54) is 0 Å². The van der Waals surface area contributed by atoms with Crippen LogP contribution >= 0.6 is 0 Å². The summed E-state index contributed by atoms with van der Waals surface area (Å²) in [6.07, 6.45) is 0.720. The molecule has 1 N–H and O–H groups in total. The predicted molar refractivity (Wildman–Crippen MR) is 124 cm³/mol. The van der Waals surface area contributed by atoms with Gasteiger partial charge in [0.1, 0.15) is 6.04 Å². The van der Waals surface area contributed by atoms with Crippen LogP contribution in [-0.4, -0.2) is 67.9 Å². The molecule has 2 aromatic rings. The van der Waals surface area contributed by atoms with Crippen molar-refractivity contribution in [1.29, 1.82) is 0 Å². The van der Waals surface area contributed by atoms with E-state index >= 15 is 0 Å². The van der Waals surface area contributed by atoms with Crippen molar-refractivity contribution in [2.75, 3.05) is 43.0 Å². The Morgan fingerprint density at radius 1 is 1.03 bits per heavy atom. The highest BCUT2D eigenvalue weighted by molar-refractivity contribution is 7.91. The van der Waals surface area contributed by atoms with Crippen LogP contribution in [0.15, 0.2) is 48.5 Å². The first-order valence-electron chi connectivity index (χ1n) is 10.9. The summed E-state index contributed by atoms with van der Waals surface area (Å²) in [7, 11) is -2.89. The Labute approximate surface area is 185 Å². The molecule has 6 nitrogen and oxygen atoms in total. The predicted octanol–water partition coefficient (Wildman–Crippen LogP) is 2.79. The van der Waals surface area contributed by atoms with Crippen LogP contribution in [0.5, 0.6) is 0 Å². The molecule has 2 atom stereocenters. The van der Waals surface area contributed by atoms with E-state index in [1.54, 1.807) is 0 Å². The lowest BCUT2D eigenvalue weighted by molar-refractivity contribution is -0.122. The number of amides is 1. The van der Waals surface area contributed by atoms with Gasteiger partial charge in [-0.25, -0.2) is 8.42 Å². The molecule has 2 aromatic carbocycles. The number of sulfone groups is 1. The Kier molecular flexibility index (Phi) is 6.46. The molecule has 0 aromatic heterocycles. The molecule has 2 fully saturated rings. The summed E-state index contributed by atoms with van der Waals surface area (Å²) >= 11 is 0. The third kappa shape index (κ3) is 5.17. The van der Waals surface area contributed by atoms with Crippen LogP contribution in [0.3, 0.4) is 0 Å². The minimum Gasteiger partial charge on any atom is -0.324 e. The fourth-order valence-electron chi connectivity index (χ4n) is 4.66. The highest BCUT2D eigenvalue weighted by atomic mass is 32.2. The minimum absolute atomic E-state index is 0.0307. The molecular weight excluding hydrogens is 410 g/mol. The molecule has 0 aliphatic carbocycles. The third-order valence-electron chi connectivity index (χ3n) is 6.45. The number of rotatable bonds is 5. The van der Waals surface area contributed by atoms with Crippen LogP contribution in [0.2, 0.25) is 0 Å². The van der Waals surface area contributed by atoms with E-state index in [2.05, 4.69) is 15.1 Å². The summed E-state index contributed by atoms with van der Waals surface area (Å²) in [6, 6.07) is 15.7. The van der Waals surface area contributed by atoms with Crippen molar-refractivity contribution < 1.29 is 13.2 Å². The monoisotopic (exact) mass is 441 g/mol. The number of hydrogen-bond donors (Lipinski definition) is 1. The van der Waals surface area contributed by atoms with Gasteiger partial charge in [0, 0.05) is 37.9 Å². The Balaban J connectivity index is 1.50. The van der Waals surface area contributed by atoms with E-state index in [0.717, 1.165) is 55.0 Å². The van der Waals surface area contributed by atoms with Crippen LogP contribution in [0.4, 0.5) is 5.69 Å². The lowest BCUT2D eigenvalue weighted by Gasteiger charge is -2.40. The maximum Gasteiger partial charge on any atom is 0.246 e. The van der Waals surface area contributed by atoms with Gasteiger partial charge in [-0.05, 0) is 43.0 Å². The smallest absolute Gasteiger partial charge is 0.246 e. The van der Waals surface area contributed by atoms with E-state index in [0.29, 0.717) is 5.75 Å². The molecule has 0 radical (unpaired) electrons. The zero-order valence-corrected chi connectivity index (χ0v) is 19.1. The van der Waals surface area contributed by atoms with Crippen molar-refractivity contribution in [3.8, 4) is 0 Å². The molecule has 2 heterocycles. The molecule has 31 heavy (non-hydrogen) atoms. The first kappa shape index (κ1) is 22.0. The van der Waals surface area contributed by atoms with Crippen molar-refractivity contribution in [1.82, 2.24) is 9.80 Å². The molecule has 0 unspecified atom stereocenters. The number of hydrogen-bond acceptors (Lipinski definition) is 5. The average molecular weight is 442 g/mol. The van der Waals surface area contributed by atoms with Gasteiger partial charge in [-0.2, -0.15) is 0 Å². The van der Waals surface area contributed by atoms with Gasteiger partial charge in [0.2, 0.25) is 5.91 Å². The summed E-state index contributed by atoms with van der Waals surface area (Å²) in [5, 5.41) is 3.15. The molecule has 166 valence electrons. The van der Waals surface area contributed by atoms with E-state index in [4.69, 9.17) is 0 Å².